The van der Waals surface area contributed by atoms with Crippen molar-refractivity contribution >= 4 is 31.6 Å². The van der Waals surface area contributed by atoms with Crippen LogP contribution in [-0.2, 0) is 6.54 Å². The van der Waals surface area contributed by atoms with Crippen LogP contribution in [0.1, 0.15) is 16.7 Å². The van der Waals surface area contributed by atoms with E-state index in [1.807, 2.05) is 0 Å². The van der Waals surface area contributed by atoms with Crippen molar-refractivity contribution in [2.24, 2.45) is 0 Å². The predicted molar refractivity (Wildman–Crippen MR) is 111 cm³/mol. The Bertz CT molecular complexity index is 808. The van der Waals surface area contributed by atoms with Gasteiger partial charge in [0.15, 0.2) is 0 Å². The first-order valence-electron chi connectivity index (χ1n) is 8.71. The van der Waals surface area contributed by atoms with Gasteiger partial charge in [-0.1, -0.05) is 0 Å². The normalized spacial score (nSPS) is 11.3. The Hall–Kier alpha value is -1.50. The molecule has 0 aliphatic carbocycles. The Morgan fingerprint density at radius 1 is 0.720 bits per heavy atom. The van der Waals surface area contributed by atoms with Crippen LogP contribution in [0.4, 0.5) is 0 Å². The van der Waals surface area contributed by atoms with Crippen LogP contribution in [0.5, 0.6) is 0 Å². The molecule has 1 nitrogen and oxygen atoms in total. The summed E-state index contributed by atoms with van der Waals surface area (Å²) in [6.07, 6.45) is 0. The van der Waals surface area contributed by atoms with Gasteiger partial charge in [-0.25, -0.2) is 0 Å². The molecule has 0 aliphatic heterocycles. The summed E-state index contributed by atoms with van der Waals surface area (Å²) >= 11 is -2.31. The van der Waals surface area contributed by atoms with Gasteiger partial charge < -0.3 is 0 Å². The number of nitrogens with zero attached hydrogens (tertiary/aromatic N) is 1. The quantitative estimate of drug-likeness (QED) is 0.464. The Labute approximate surface area is 160 Å². The molecule has 0 heterocycles. The van der Waals surface area contributed by atoms with E-state index in [1.165, 1.54) is 16.7 Å². The Morgan fingerprint density at radius 3 is 1.80 bits per heavy atom. The van der Waals surface area contributed by atoms with Gasteiger partial charge in [-0.2, -0.15) is 0 Å². The van der Waals surface area contributed by atoms with Crippen molar-refractivity contribution in [2.75, 3.05) is 14.1 Å². The molecule has 0 saturated carbocycles. The molecule has 0 N–H and O–H groups in total. The van der Waals surface area contributed by atoms with Crippen LogP contribution >= 0.6 is 0 Å². The molecule has 0 aliphatic rings. The van der Waals surface area contributed by atoms with Gasteiger partial charge in [0, 0.05) is 0 Å². The number of benzene rings is 3. The van der Waals surface area contributed by atoms with Crippen molar-refractivity contribution in [3.8, 4) is 0 Å². The first kappa shape index (κ1) is 18.3. The molecule has 0 atom stereocenters. The summed E-state index contributed by atoms with van der Waals surface area (Å²) in [6, 6.07) is 27.4. The zero-order valence-electron chi connectivity index (χ0n) is 15.5. The molecule has 128 valence electrons. The second kappa shape index (κ2) is 8.25. The molecule has 3 rings (SSSR count). The zero-order valence-corrected chi connectivity index (χ0v) is 19.0. The second-order valence-corrected chi connectivity index (χ2v) is 15.4. The average Bonchev–Trinajstić information content (AvgIpc) is 2.56. The molecular weight excluding hydrogens is 499 g/mol. The van der Waals surface area contributed by atoms with E-state index < -0.39 is 21.8 Å². The van der Waals surface area contributed by atoms with E-state index in [2.05, 4.69) is 106 Å². The Kier molecular flexibility index (Phi) is 6.04. The van der Waals surface area contributed by atoms with Crippen molar-refractivity contribution in [3.05, 3.63) is 89.5 Å². The van der Waals surface area contributed by atoms with E-state index in [1.54, 1.807) is 9.81 Å². The molecule has 25 heavy (non-hydrogen) atoms. The fraction of sp³-hybridized carbons (Fsp3) is 0.217. The van der Waals surface area contributed by atoms with Crippen LogP contribution in [0.3, 0.4) is 0 Å². The molecule has 0 unspecified atom stereocenters. The van der Waals surface area contributed by atoms with Crippen molar-refractivity contribution in [1.29, 1.82) is 0 Å². The molecule has 3 aromatic rings. The minimum atomic E-state index is -2.31. The van der Waals surface area contributed by atoms with Gasteiger partial charge in [0.1, 0.15) is 0 Å². The van der Waals surface area contributed by atoms with Crippen LogP contribution < -0.4 is 9.81 Å². The molecule has 0 saturated heterocycles. The van der Waals surface area contributed by atoms with Crippen molar-refractivity contribution in [1.82, 2.24) is 4.90 Å². The van der Waals surface area contributed by atoms with Crippen LogP contribution in [0.2, 0.25) is 0 Å². The van der Waals surface area contributed by atoms with E-state index in [4.69, 9.17) is 0 Å². The molecule has 3 aromatic carbocycles. The molecular formula is C23H26BiN. The molecule has 0 bridgehead atoms. The molecule has 0 fully saturated rings. The monoisotopic (exact) mass is 525 g/mol. The fourth-order valence-electron chi connectivity index (χ4n) is 3.16. The molecule has 0 radical (unpaired) electrons. The summed E-state index contributed by atoms with van der Waals surface area (Å²) in [7, 11) is 4.31. The number of hydrogen-bond donors (Lipinski definition) is 0. The molecule has 0 aromatic heterocycles. The van der Waals surface area contributed by atoms with Crippen molar-refractivity contribution in [3.63, 3.8) is 0 Å². The fourth-order valence-corrected chi connectivity index (χ4v) is 13.5. The third-order valence-electron chi connectivity index (χ3n) is 4.24. The van der Waals surface area contributed by atoms with E-state index in [9.17, 15) is 0 Å². The molecule has 0 amide bonds. The first-order chi connectivity index (χ1) is 12.0. The van der Waals surface area contributed by atoms with Gasteiger partial charge in [0.2, 0.25) is 0 Å². The third kappa shape index (κ3) is 4.57. The first-order valence-corrected chi connectivity index (χ1v) is 13.9. The summed E-state index contributed by atoms with van der Waals surface area (Å²) < 4.78 is 4.72. The van der Waals surface area contributed by atoms with Gasteiger partial charge in [-0.15, -0.1) is 0 Å². The predicted octanol–water partition coefficient (Wildman–Crippen LogP) is 2.88. The van der Waals surface area contributed by atoms with Crippen LogP contribution in [0, 0.1) is 13.8 Å². The number of aryl methyl sites for hydroxylation is 2. The van der Waals surface area contributed by atoms with Crippen molar-refractivity contribution in [2.45, 2.75) is 20.4 Å². The van der Waals surface area contributed by atoms with Crippen LogP contribution in [0.15, 0.2) is 72.8 Å². The van der Waals surface area contributed by atoms with E-state index in [-0.39, 0.29) is 0 Å². The van der Waals surface area contributed by atoms with Gasteiger partial charge in [-0.05, 0) is 0 Å². The van der Waals surface area contributed by atoms with Crippen LogP contribution in [-0.4, -0.2) is 40.7 Å². The van der Waals surface area contributed by atoms with Gasteiger partial charge in [0.05, 0.1) is 0 Å². The molecule has 0 spiro atoms. The SMILES string of the molecule is Cc1ccc[c]([Bi]([c]2cccc(C)c2)[c]2ccccc2CN(C)C)c1. The summed E-state index contributed by atoms with van der Waals surface area (Å²) in [5, 5.41) is 0. The van der Waals surface area contributed by atoms with E-state index >= 15 is 0 Å². The van der Waals surface area contributed by atoms with Gasteiger partial charge in [0.25, 0.3) is 0 Å². The van der Waals surface area contributed by atoms with Gasteiger partial charge >= 0.3 is 160 Å². The van der Waals surface area contributed by atoms with E-state index in [0.29, 0.717) is 0 Å². The third-order valence-corrected chi connectivity index (χ3v) is 14.0. The standard InChI is InChI=1S/C9H12N.2C7H7.Bi/c1-10(2)8-9-6-4-3-5-7-9;2*1-7-5-3-2-4-6-7;/h3-6H,8H2,1-2H3;2*2-3,5-6H,1H3;. The second-order valence-electron chi connectivity index (χ2n) is 6.88. The van der Waals surface area contributed by atoms with Crippen molar-refractivity contribution < 1.29 is 0 Å². The summed E-state index contributed by atoms with van der Waals surface area (Å²) in [6.45, 7) is 5.40. The van der Waals surface area contributed by atoms with E-state index in [0.717, 1.165) is 6.54 Å². The van der Waals surface area contributed by atoms with Crippen LogP contribution in [0.25, 0.3) is 0 Å². The summed E-state index contributed by atoms with van der Waals surface area (Å²) in [5.74, 6) is 0. The maximum absolute atomic E-state index is 2.41. The Balaban J connectivity index is 2.19. The Morgan fingerprint density at radius 2 is 1.28 bits per heavy atom. The number of rotatable bonds is 5. The minimum absolute atomic E-state index is 1.000. The zero-order chi connectivity index (χ0) is 17.8. The maximum atomic E-state index is 2.41. The number of hydrogen-bond acceptors (Lipinski definition) is 1. The average molecular weight is 525 g/mol. The van der Waals surface area contributed by atoms with Gasteiger partial charge in [-0.3, -0.25) is 0 Å². The topological polar surface area (TPSA) is 3.24 Å². The molecule has 2 heteroatoms. The summed E-state index contributed by atoms with van der Waals surface area (Å²) in [4.78, 5) is 2.27. The summed E-state index contributed by atoms with van der Waals surface area (Å²) in [5.41, 5.74) is 4.19.